The van der Waals surface area contributed by atoms with E-state index in [2.05, 4.69) is 14.9 Å². The maximum Gasteiger partial charge on any atom is 0.257 e. The van der Waals surface area contributed by atoms with Crippen LogP contribution in [0.4, 0.5) is 5.69 Å². The van der Waals surface area contributed by atoms with Gasteiger partial charge in [-0.1, -0.05) is 5.16 Å². The molecule has 118 valence electrons. The minimum Gasteiger partial charge on any atom is -0.381 e. The van der Waals surface area contributed by atoms with Crippen LogP contribution in [0.1, 0.15) is 25.1 Å². The van der Waals surface area contributed by atoms with E-state index in [4.69, 9.17) is 9.26 Å². The molecule has 0 bridgehead atoms. The van der Waals surface area contributed by atoms with Crippen molar-refractivity contribution in [1.29, 1.82) is 0 Å². The third-order valence-electron chi connectivity index (χ3n) is 3.52. The highest BCUT2D eigenvalue weighted by Crippen LogP contribution is 2.26. The van der Waals surface area contributed by atoms with Gasteiger partial charge in [0.1, 0.15) is 0 Å². The van der Waals surface area contributed by atoms with Crippen LogP contribution in [0.25, 0.3) is 11.5 Å². The van der Waals surface area contributed by atoms with Crippen LogP contribution in [0, 0.1) is 0 Å². The Morgan fingerprint density at radius 1 is 1.32 bits per heavy atom. The zero-order valence-corrected chi connectivity index (χ0v) is 13.0. The van der Waals surface area contributed by atoms with E-state index < -0.39 is 10.0 Å². The van der Waals surface area contributed by atoms with Gasteiger partial charge in [0.2, 0.25) is 10.0 Å². The minimum atomic E-state index is -3.27. The summed E-state index contributed by atoms with van der Waals surface area (Å²) in [4.78, 5) is 4.39. The topological polar surface area (TPSA) is 94.3 Å². The second-order valence-electron chi connectivity index (χ2n) is 5.10. The average Bonchev–Trinajstić information content (AvgIpc) is 3.19. The summed E-state index contributed by atoms with van der Waals surface area (Å²) >= 11 is 0. The first-order valence-electron chi connectivity index (χ1n) is 7.09. The average molecular weight is 323 g/mol. The van der Waals surface area contributed by atoms with Crippen molar-refractivity contribution in [3.63, 3.8) is 0 Å². The lowest BCUT2D eigenvalue weighted by Gasteiger charge is -2.05. The number of nitrogens with one attached hydrogen (secondary N) is 1. The lowest BCUT2D eigenvalue weighted by Crippen LogP contribution is -2.14. The maximum atomic E-state index is 11.5. The highest BCUT2D eigenvalue weighted by Gasteiger charge is 2.23. The fourth-order valence-corrected chi connectivity index (χ4v) is 2.83. The first-order valence-corrected chi connectivity index (χ1v) is 8.75. The summed E-state index contributed by atoms with van der Waals surface area (Å²) in [6, 6.07) is 6.84. The molecule has 0 amide bonds. The zero-order chi connectivity index (χ0) is 15.6. The van der Waals surface area contributed by atoms with Crippen molar-refractivity contribution in [3.8, 4) is 11.5 Å². The van der Waals surface area contributed by atoms with E-state index in [1.54, 1.807) is 31.2 Å². The number of sulfonamides is 1. The first kappa shape index (κ1) is 15.0. The van der Waals surface area contributed by atoms with Crippen LogP contribution in [0.5, 0.6) is 0 Å². The molecule has 2 aromatic rings. The Morgan fingerprint density at radius 2 is 2.09 bits per heavy atom. The first-order chi connectivity index (χ1) is 10.6. The molecule has 1 saturated heterocycles. The molecule has 8 heteroatoms. The predicted octanol–water partition coefficient (Wildman–Crippen LogP) is 2.00. The molecule has 0 saturated carbocycles. The number of rotatable bonds is 5. The SMILES string of the molecule is CCS(=O)(=O)Nc1ccc(-c2nc([C@@H]3CCOC3)no2)cc1. The fraction of sp³-hybridized carbons (Fsp3) is 0.429. The van der Waals surface area contributed by atoms with Gasteiger partial charge in [0.05, 0.1) is 12.4 Å². The van der Waals surface area contributed by atoms with Gasteiger partial charge in [-0.05, 0) is 37.6 Å². The van der Waals surface area contributed by atoms with Gasteiger partial charge in [-0.25, -0.2) is 8.42 Å². The van der Waals surface area contributed by atoms with Crippen molar-refractivity contribution >= 4 is 15.7 Å². The molecule has 1 fully saturated rings. The quantitative estimate of drug-likeness (QED) is 0.904. The summed E-state index contributed by atoms with van der Waals surface area (Å²) < 4.78 is 36.1. The molecule has 0 spiro atoms. The molecule has 7 nitrogen and oxygen atoms in total. The Kier molecular flexibility index (Phi) is 4.12. The van der Waals surface area contributed by atoms with Gasteiger partial charge in [-0.2, -0.15) is 4.98 Å². The third-order valence-corrected chi connectivity index (χ3v) is 4.83. The predicted molar refractivity (Wildman–Crippen MR) is 81.0 cm³/mol. The van der Waals surface area contributed by atoms with E-state index in [1.165, 1.54) is 0 Å². The van der Waals surface area contributed by atoms with E-state index in [1.807, 2.05) is 0 Å². The van der Waals surface area contributed by atoms with Crippen molar-refractivity contribution in [2.24, 2.45) is 0 Å². The smallest absolute Gasteiger partial charge is 0.257 e. The van der Waals surface area contributed by atoms with Crippen LogP contribution in [0.15, 0.2) is 28.8 Å². The molecule has 1 aliphatic rings. The summed E-state index contributed by atoms with van der Waals surface area (Å²) in [5.41, 5.74) is 1.26. The largest absolute Gasteiger partial charge is 0.381 e. The van der Waals surface area contributed by atoms with Gasteiger partial charge >= 0.3 is 0 Å². The van der Waals surface area contributed by atoms with E-state index in [0.29, 0.717) is 24.0 Å². The molecule has 0 unspecified atom stereocenters. The second kappa shape index (κ2) is 6.05. The number of benzene rings is 1. The molecule has 0 radical (unpaired) electrons. The standard InChI is InChI=1S/C14H17N3O4S/c1-2-22(18,19)17-12-5-3-10(4-6-12)14-15-13(16-21-14)11-7-8-20-9-11/h3-6,11,17H,2,7-9H2,1H3/t11-/m1/s1. The number of ether oxygens (including phenoxy) is 1. The van der Waals surface area contributed by atoms with E-state index >= 15 is 0 Å². The molecule has 3 rings (SSSR count). The molecular weight excluding hydrogens is 306 g/mol. The Labute approximate surface area is 128 Å². The van der Waals surface area contributed by atoms with Crippen LogP contribution in [0.3, 0.4) is 0 Å². The van der Waals surface area contributed by atoms with Gasteiger partial charge in [-0.15, -0.1) is 0 Å². The van der Waals surface area contributed by atoms with Crippen molar-refractivity contribution in [2.45, 2.75) is 19.3 Å². The Morgan fingerprint density at radius 3 is 2.73 bits per heavy atom. The number of nitrogens with zero attached hydrogens (tertiary/aromatic N) is 2. The fourth-order valence-electron chi connectivity index (χ4n) is 2.19. The number of anilines is 1. The minimum absolute atomic E-state index is 0.0330. The van der Waals surface area contributed by atoms with Gasteiger partial charge in [0, 0.05) is 23.8 Å². The molecule has 1 aliphatic heterocycles. The molecule has 1 aromatic carbocycles. The van der Waals surface area contributed by atoms with Gasteiger partial charge in [0.25, 0.3) is 5.89 Å². The van der Waals surface area contributed by atoms with E-state index in [9.17, 15) is 8.42 Å². The van der Waals surface area contributed by atoms with E-state index in [-0.39, 0.29) is 11.7 Å². The summed E-state index contributed by atoms with van der Waals surface area (Å²) in [6.07, 6.45) is 0.900. The highest BCUT2D eigenvalue weighted by molar-refractivity contribution is 7.92. The molecule has 1 atom stereocenters. The van der Waals surface area contributed by atoms with Crippen molar-refractivity contribution in [2.75, 3.05) is 23.7 Å². The summed E-state index contributed by atoms with van der Waals surface area (Å²) in [7, 11) is -3.27. The third kappa shape index (κ3) is 3.28. The van der Waals surface area contributed by atoms with Crippen molar-refractivity contribution in [3.05, 3.63) is 30.1 Å². The molecule has 22 heavy (non-hydrogen) atoms. The van der Waals surface area contributed by atoms with Crippen LogP contribution < -0.4 is 4.72 Å². The van der Waals surface area contributed by atoms with Crippen LogP contribution in [0.2, 0.25) is 0 Å². The summed E-state index contributed by atoms with van der Waals surface area (Å²) in [5, 5.41) is 3.99. The molecule has 2 heterocycles. The van der Waals surface area contributed by atoms with E-state index in [0.717, 1.165) is 18.6 Å². The van der Waals surface area contributed by atoms with Crippen LogP contribution in [-0.4, -0.2) is 37.5 Å². The maximum absolute atomic E-state index is 11.5. The Hall–Kier alpha value is -1.93. The Balaban J connectivity index is 1.75. The van der Waals surface area contributed by atoms with Gasteiger partial charge < -0.3 is 9.26 Å². The van der Waals surface area contributed by atoms with Crippen LogP contribution in [-0.2, 0) is 14.8 Å². The molecule has 1 N–H and O–H groups in total. The Bertz CT molecular complexity index is 734. The lowest BCUT2D eigenvalue weighted by atomic mass is 10.1. The number of hydrogen-bond acceptors (Lipinski definition) is 6. The highest BCUT2D eigenvalue weighted by atomic mass is 32.2. The summed E-state index contributed by atoms with van der Waals surface area (Å²) in [6.45, 7) is 2.93. The summed E-state index contributed by atoms with van der Waals surface area (Å²) in [5.74, 6) is 1.30. The van der Waals surface area contributed by atoms with Crippen LogP contribution >= 0.6 is 0 Å². The molecule has 0 aliphatic carbocycles. The normalized spacial score (nSPS) is 18.5. The number of aromatic nitrogens is 2. The lowest BCUT2D eigenvalue weighted by molar-refractivity contribution is 0.192. The molecule has 1 aromatic heterocycles. The van der Waals surface area contributed by atoms with Gasteiger partial charge in [0.15, 0.2) is 5.82 Å². The van der Waals surface area contributed by atoms with Crippen molar-refractivity contribution < 1.29 is 17.7 Å². The second-order valence-corrected chi connectivity index (χ2v) is 7.11. The monoisotopic (exact) mass is 323 g/mol. The zero-order valence-electron chi connectivity index (χ0n) is 12.2. The van der Waals surface area contributed by atoms with Gasteiger partial charge in [-0.3, -0.25) is 4.72 Å². The number of hydrogen-bond donors (Lipinski definition) is 1. The van der Waals surface area contributed by atoms with Crippen molar-refractivity contribution in [1.82, 2.24) is 10.1 Å². The molecular formula is C14H17N3O4S.